The molecule has 2 aliphatic rings. The molecule has 228 valence electrons. The minimum Gasteiger partial charge on any atom is -0.453 e. The highest BCUT2D eigenvalue weighted by atomic mass is 16.5. The van der Waals surface area contributed by atoms with Crippen molar-refractivity contribution in [3.8, 4) is 11.5 Å². The first-order chi connectivity index (χ1) is 22.1. The van der Waals surface area contributed by atoms with Crippen molar-refractivity contribution in [2.24, 2.45) is 0 Å². The van der Waals surface area contributed by atoms with Crippen LogP contribution in [0.25, 0.3) is 0 Å². The largest absolute Gasteiger partial charge is 0.453 e. The van der Waals surface area contributed by atoms with E-state index in [9.17, 15) is 0 Å². The molecule has 5 aromatic rings. The summed E-state index contributed by atoms with van der Waals surface area (Å²) in [5, 5.41) is 0. The standard InChI is InChI=1S/C40H42N4O/c1-4-6-24-40(25-7-5-2,39-21-12-13-26-41-39)30-22-23-38-36(27-30)44(35-19-10-11-20-37(35)45-38)32-16-14-15-31(28-32)43-29-42(3)33-17-8-9-18-34(33)43/h8-23,26-28H,4-7,24-25,29H2,1-3H3. The molecule has 1 aromatic heterocycles. The molecule has 5 heteroatoms. The molecule has 0 spiro atoms. The van der Waals surface area contributed by atoms with Crippen molar-refractivity contribution in [1.82, 2.24) is 4.98 Å². The molecule has 0 amide bonds. The van der Waals surface area contributed by atoms with Gasteiger partial charge in [0.05, 0.1) is 35.1 Å². The molecule has 4 aromatic carbocycles. The summed E-state index contributed by atoms with van der Waals surface area (Å²) in [4.78, 5) is 12.1. The monoisotopic (exact) mass is 594 g/mol. The van der Waals surface area contributed by atoms with Crippen LogP contribution in [0.1, 0.15) is 63.6 Å². The second-order valence-corrected chi connectivity index (χ2v) is 12.4. The molecule has 3 heterocycles. The van der Waals surface area contributed by atoms with Gasteiger partial charge in [0.25, 0.3) is 0 Å². The SMILES string of the molecule is CCCCC(CCCC)(c1ccc2c(c1)N(c1cccc(N3CN(C)c4ccccc43)c1)c1ccccc1O2)c1ccccn1. The predicted octanol–water partition coefficient (Wildman–Crippen LogP) is 10.9. The molecule has 2 aliphatic heterocycles. The molecule has 5 nitrogen and oxygen atoms in total. The van der Waals surface area contributed by atoms with E-state index in [0.29, 0.717) is 0 Å². The van der Waals surface area contributed by atoms with E-state index < -0.39 is 0 Å². The second kappa shape index (κ2) is 12.3. The number of anilines is 6. The lowest BCUT2D eigenvalue weighted by Crippen LogP contribution is -2.30. The van der Waals surface area contributed by atoms with Gasteiger partial charge in [0.15, 0.2) is 11.5 Å². The average Bonchev–Trinajstić information content (AvgIpc) is 3.44. The highest BCUT2D eigenvalue weighted by molar-refractivity contribution is 5.89. The maximum atomic E-state index is 6.58. The van der Waals surface area contributed by atoms with Gasteiger partial charge in [-0.05, 0) is 85.1 Å². The van der Waals surface area contributed by atoms with Crippen molar-refractivity contribution in [2.45, 2.75) is 57.8 Å². The third kappa shape index (κ3) is 5.20. The first-order valence-corrected chi connectivity index (χ1v) is 16.4. The Morgan fingerprint density at radius 3 is 2.11 bits per heavy atom. The fourth-order valence-electron chi connectivity index (χ4n) is 7.15. The lowest BCUT2D eigenvalue weighted by molar-refractivity contribution is 0.395. The van der Waals surface area contributed by atoms with Gasteiger partial charge in [-0.2, -0.15) is 0 Å². The zero-order valence-corrected chi connectivity index (χ0v) is 26.6. The molecule has 0 N–H and O–H groups in total. The Morgan fingerprint density at radius 1 is 0.667 bits per heavy atom. The quantitative estimate of drug-likeness (QED) is 0.157. The molecule has 0 aliphatic carbocycles. The van der Waals surface area contributed by atoms with Gasteiger partial charge in [-0.3, -0.25) is 4.98 Å². The normalized spacial score (nSPS) is 13.7. The molecule has 45 heavy (non-hydrogen) atoms. The minimum absolute atomic E-state index is 0.170. The maximum Gasteiger partial charge on any atom is 0.151 e. The molecular weight excluding hydrogens is 552 g/mol. The van der Waals surface area contributed by atoms with E-state index >= 15 is 0 Å². The number of hydrogen-bond donors (Lipinski definition) is 0. The van der Waals surface area contributed by atoms with Gasteiger partial charge in [0.2, 0.25) is 0 Å². The van der Waals surface area contributed by atoms with Crippen LogP contribution in [-0.4, -0.2) is 18.7 Å². The highest BCUT2D eigenvalue weighted by Gasteiger charge is 2.37. The summed E-state index contributed by atoms with van der Waals surface area (Å²) in [6, 6.07) is 39.2. The van der Waals surface area contributed by atoms with Gasteiger partial charge in [-0.25, -0.2) is 0 Å². The summed E-state index contributed by atoms with van der Waals surface area (Å²) in [6.07, 6.45) is 8.67. The maximum absolute atomic E-state index is 6.58. The zero-order chi connectivity index (χ0) is 30.8. The number of rotatable bonds is 10. The summed E-state index contributed by atoms with van der Waals surface area (Å²) in [7, 11) is 2.16. The van der Waals surface area contributed by atoms with Gasteiger partial charge in [0.1, 0.15) is 0 Å². The fraction of sp³-hybridized carbons (Fsp3) is 0.275. The molecule has 0 fully saturated rings. The van der Waals surface area contributed by atoms with Crippen LogP contribution in [0.5, 0.6) is 11.5 Å². The van der Waals surface area contributed by atoms with Gasteiger partial charge in [0, 0.05) is 30.0 Å². The Kier molecular flexibility index (Phi) is 7.93. The smallest absolute Gasteiger partial charge is 0.151 e. The van der Waals surface area contributed by atoms with E-state index in [4.69, 9.17) is 9.72 Å². The van der Waals surface area contributed by atoms with E-state index in [1.807, 2.05) is 18.3 Å². The van der Waals surface area contributed by atoms with E-state index in [1.165, 1.54) is 22.6 Å². The third-order valence-corrected chi connectivity index (χ3v) is 9.48. The molecule has 0 radical (unpaired) electrons. The van der Waals surface area contributed by atoms with Gasteiger partial charge in [-0.1, -0.05) is 82.0 Å². The molecule has 0 unspecified atom stereocenters. The molecule has 0 saturated heterocycles. The summed E-state index contributed by atoms with van der Waals surface area (Å²) in [5.74, 6) is 1.73. The van der Waals surface area contributed by atoms with Crippen LogP contribution in [0.2, 0.25) is 0 Å². The molecule has 0 bridgehead atoms. The van der Waals surface area contributed by atoms with E-state index in [-0.39, 0.29) is 5.41 Å². The number of unbranched alkanes of at least 4 members (excludes halogenated alkanes) is 2. The second-order valence-electron chi connectivity index (χ2n) is 12.4. The van der Waals surface area contributed by atoms with Crippen molar-refractivity contribution < 1.29 is 4.74 Å². The van der Waals surface area contributed by atoms with Crippen LogP contribution in [0.3, 0.4) is 0 Å². The number of pyridine rings is 1. The molecule has 0 atom stereocenters. The van der Waals surface area contributed by atoms with Crippen LogP contribution in [0.15, 0.2) is 115 Å². The third-order valence-electron chi connectivity index (χ3n) is 9.48. The summed E-state index contributed by atoms with van der Waals surface area (Å²) in [6.45, 7) is 5.38. The first-order valence-electron chi connectivity index (χ1n) is 16.4. The minimum atomic E-state index is -0.170. The molecule has 0 saturated carbocycles. The summed E-state index contributed by atoms with van der Waals surface area (Å²) in [5.41, 5.74) is 9.17. The van der Waals surface area contributed by atoms with Gasteiger partial charge < -0.3 is 19.4 Å². The fourth-order valence-corrected chi connectivity index (χ4v) is 7.15. The number of para-hydroxylation sites is 4. The van der Waals surface area contributed by atoms with Crippen LogP contribution in [0, 0.1) is 0 Å². The highest BCUT2D eigenvalue weighted by Crippen LogP contribution is 2.53. The number of fused-ring (bicyclic) bond motifs is 3. The van der Waals surface area contributed by atoms with Crippen LogP contribution in [-0.2, 0) is 5.41 Å². The van der Waals surface area contributed by atoms with Crippen molar-refractivity contribution in [1.29, 1.82) is 0 Å². The van der Waals surface area contributed by atoms with Crippen molar-refractivity contribution in [3.05, 3.63) is 127 Å². The Balaban J connectivity index is 1.38. The van der Waals surface area contributed by atoms with Crippen LogP contribution < -0.4 is 19.4 Å². The van der Waals surface area contributed by atoms with Gasteiger partial charge in [-0.15, -0.1) is 0 Å². The number of nitrogens with zero attached hydrogens (tertiary/aromatic N) is 4. The van der Waals surface area contributed by atoms with Crippen molar-refractivity contribution >= 4 is 34.1 Å². The molecule has 7 rings (SSSR count). The Morgan fingerprint density at radius 2 is 1.36 bits per heavy atom. The number of aromatic nitrogens is 1. The lowest BCUT2D eigenvalue weighted by Gasteiger charge is -2.38. The Bertz CT molecular complexity index is 1780. The number of hydrogen-bond acceptors (Lipinski definition) is 5. The first kappa shape index (κ1) is 29.0. The summed E-state index contributed by atoms with van der Waals surface area (Å²) >= 11 is 0. The van der Waals surface area contributed by atoms with Crippen molar-refractivity contribution in [3.63, 3.8) is 0 Å². The van der Waals surface area contributed by atoms with E-state index in [0.717, 1.165) is 79.4 Å². The number of benzene rings is 4. The average molecular weight is 595 g/mol. The molecular formula is C40H42N4O. The van der Waals surface area contributed by atoms with Gasteiger partial charge >= 0.3 is 0 Å². The Hall–Kier alpha value is -4.77. The van der Waals surface area contributed by atoms with E-state index in [2.05, 4.69) is 133 Å². The topological polar surface area (TPSA) is 31.8 Å². The Labute approximate surface area is 267 Å². The summed E-state index contributed by atoms with van der Waals surface area (Å²) < 4.78 is 6.58. The van der Waals surface area contributed by atoms with Crippen molar-refractivity contribution in [2.75, 3.05) is 28.4 Å². The van der Waals surface area contributed by atoms with Crippen LogP contribution >= 0.6 is 0 Å². The zero-order valence-electron chi connectivity index (χ0n) is 26.6. The predicted molar refractivity (Wildman–Crippen MR) is 187 cm³/mol. The number of ether oxygens (including phenoxy) is 1. The lowest BCUT2D eigenvalue weighted by atomic mass is 9.70. The van der Waals surface area contributed by atoms with Crippen LogP contribution in [0.4, 0.5) is 34.1 Å². The van der Waals surface area contributed by atoms with E-state index in [1.54, 1.807) is 0 Å².